The van der Waals surface area contributed by atoms with Crippen molar-refractivity contribution < 1.29 is 0 Å². The molecule has 0 unspecified atom stereocenters. The van der Waals surface area contributed by atoms with E-state index in [9.17, 15) is 0 Å². The lowest BCUT2D eigenvalue weighted by Gasteiger charge is -2.26. The van der Waals surface area contributed by atoms with Crippen LogP contribution in [0, 0.1) is 5.92 Å². The molecule has 0 aliphatic heterocycles. The molecule has 0 aliphatic rings. The number of hydrogen-bond donors (Lipinski definition) is 2. The van der Waals surface area contributed by atoms with Gasteiger partial charge in [-0.3, -0.25) is 0 Å². The summed E-state index contributed by atoms with van der Waals surface area (Å²) < 4.78 is 0. The third-order valence-corrected chi connectivity index (χ3v) is 3.27. The van der Waals surface area contributed by atoms with E-state index in [4.69, 9.17) is 5.73 Å². The normalized spacial score (nSPS) is 12.1. The van der Waals surface area contributed by atoms with Gasteiger partial charge in [0.15, 0.2) is 0 Å². The van der Waals surface area contributed by atoms with Crippen LogP contribution < -0.4 is 11.1 Å². The minimum atomic E-state index is 0.158. The maximum atomic E-state index is 5.50. The number of nitrogens with two attached hydrogens (primary N) is 1. The molecule has 0 radical (unpaired) electrons. The highest BCUT2D eigenvalue weighted by Crippen LogP contribution is 2.23. The first-order valence-corrected chi connectivity index (χ1v) is 6.96. The Morgan fingerprint density at radius 3 is 2.28 bits per heavy atom. The minimum absolute atomic E-state index is 0.158. The van der Waals surface area contributed by atoms with Gasteiger partial charge in [0.1, 0.15) is 0 Å². The summed E-state index contributed by atoms with van der Waals surface area (Å²) in [6.07, 6.45) is 1.16. The zero-order valence-corrected chi connectivity index (χ0v) is 12.3. The van der Waals surface area contributed by atoms with Crippen molar-refractivity contribution >= 4 is 0 Å². The molecule has 0 saturated heterocycles. The first kappa shape index (κ1) is 15.2. The molecule has 0 saturated carbocycles. The summed E-state index contributed by atoms with van der Waals surface area (Å²) in [6, 6.07) is 9.06. The summed E-state index contributed by atoms with van der Waals surface area (Å²) in [5.74, 6) is 0.718. The molecule has 0 bridgehead atoms. The van der Waals surface area contributed by atoms with Gasteiger partial charge < -0.3 is 11.1 Å². The number of rotatable bonds is 7. The second kappa shape index (κ2) is 6.91. The summed E-state index contributed by atoms with van der Waals surface area (Å²) in [6.45, 7) is 11.6. The van der Waals surface area contributed by atoms with Crippen LogP contribution in [0.5, 0.6) is 0 Å². The van der Waals surface area contributed by atoms with Crippen molar-refractivity contribution in [2.45, 2.75) is 39.5 Å². The Labute approximate surface area is 112 Å². The van der Waals surface area contributed by atoms with Gasteiger partial charge in [-0.25, -0.2) is 0 Å². The van der Waals surface area contributed by atoms with Gasteiger partial charge in [0.05, 0.1) is 0 Å². The highest BCUT2D eigenvalue weighted by Gasteiger charge is 2.19. The molecule has 3 N–H and O–H groups in total. The van der Waals surface area contributed by atoms with Gasteiger partial charge in [-0.1, -0.05) is 52.0 Å². The third-order valence-electron chi connectivity index (χ3n) is 3.27. The van der Waals surface area contributed by atoms with Gasteiger partial charge in [0, 0.05) is 25.0 Å². The topological polar surface area (TPSA) is 38.0 Å². The average molecular weight is 248 g/mol. The van der Waals surface area contributed by atoms with E-state index in [1.54, 1.807) is 0 Å². The Hall–Kier alpha value is -0.860. The largest absolute Gasteiger partial charge is 0.329 e. The number of hydrogen-bond acceptors (Lipinski definition) is 2. The fourth-order valence-electron chi connectivity index (χ4n) is 2.17. The highest BCUT2D eigenvalue weighted by molar-refractivity contribution is 5.28. The fraction of sp³-hybridized carbons (Fsp3) is 0.625. The predicted octanol–water partition coefficient (Wildman–Crippen LogP) is 2.71. The van der Waals surface area contributed by atoms with Crippen molar-refractivity contribution in [1.82, 2.24) is 5.32 Å². The Balaban J connectivity index is 2.65. The molecule has 1 aromatic carbocycles. The van der Waals surface area contributed by atoms with Crippen molar-refractivity contribution in [2.75, 3.05) is 19.6 Å². The molecular formula is C16H28N2. The van der Waals surface area contributed by atoms with Crippen LogP contribution in [0.25, 0.3) is 0 Å². The molecule has 18 heavy (non-hydrogen) atoms. The first-order valence-electron chi connectivity index (χ1n) is 6.96. The quantitative estimate of drug-likeness (QED) is 0.728. The molecule has 1 rings (SSSR count). The number of benzene rings is 1. The van der Waals surface area contributed by atoms with Gasteiger partial charge in [-0.15, -0.1) is 0 Å². The monoisotopic (exact) mass is 248 g/mol. The SMILES string of the molecule is CC(C)Cc1ccc(C(C)(C)CNCCN)cc1. The average Bonchev–Trinajstić information content (AvgIpc) is 2.29. The van der Waals surface area contributed by atoms with Crippen molar-refractivity contribution in [3.8, 4) is 0 Å². The smallest absolute Gasteiger partial charge is 0.00748 e. The molecule has 0 atom stereocenters. The van der Waals surface area contributed by atoms with Gasteiger partial charge >= 0.3 is 0 Å². The summed E-state index contributed by atoms with van der Waals surface area (Å²) in [4.78, 5) is 0. The lowest BCUT2D eigenvalue weighted by molar-refractivity contribution is 0.473. The van der Waals surface area contributed by atoms with Crippen molar-refractivity contribution in [1.29, 1.82) is 0 Å². The lowest BCUT2D eigenvalue weighted by atomic mass is 9.84. The van der Waals surface area contributed by atoms with E-state index < -0.39 is 0 Å². The molecule has 102 valence electrons. The summed E-state index contributed by atoms with van der Waals surface area (Å²) >= 11 is 0. The van der Waals surface area contributed by atoms with Crippen molar-refractivity contribution in [2.24, 2.45) is 11.7 Å². The second-order valence-electron chi connectivity index (χ2n) is 6.14. The van der Waals surface area contributed by atoms with E-state index in [1.165, 1.54) is 11.1 Å². The van der Waals surface area contributed by atoms with Gasteiger partial charge in [0.2, 0.25) is 0 Å². The van der Waals surface area contributed by atoms with Crippen LogP contribution in [0.2, 0.25) is 0 Å². The van der Waals surface area contributed by atoms with Gasteiger partial charge in [0.25, 0.3) is 0 Å². The van der Waals surface area contributed by atoms with Crippen molar-refractivity contribution in [3.05, 3.63) is 35.4 Å². The van der Waals surface area contributed by atoms with E-state index in [-0.39, 0.29) is 5.41 Å². The molecule has 0 amide bonds. The standard InChI is InChI=1S/C16H28N2/c1-13(2)11-14-5-7-15(8-6-14)16(3,4)12-18-10-9-17/h5-8,13,18H,9-12,17H2,1-4H3. The molecule has 0 fully saturated rings. The Kier molecular flexibility index (Phi) is 5.83. The summed E-state index contributed by atoms with van der Waals surface area (Å²) in [7, 11) is 0. The van der Waals surface area contributed by atoms with E-state index in [0.717, 1.165) is 25.4 Å². The molecule has 1 aromatic rings. The lowest BCUT2D eigenvalue weighted by Crippen LogP contribution is -2.35. The Morgan fingerprint density at radius 2 is 1.78 bits per heavy atom. The fourth-order valence-corrected chi connectivity index (χ4v) is 2.17. The van der Waals surface area contributed by atoms with E-state index >= 15 is 0 Å². The zero-order valence-electron chi connectivity index (χ0n) is 12.3. The third kappa shape index (κ3) is 4.79. The summed E-state index contributed by atoms with van der Waals surface area (Å²) in [5, 5.41) is 3.40. The molecule has 2 heteroatoms. The molecule has 0 aromatic heterocycles. The molecule has 0 spiro atoms. The Morgan fingerprint density at radius 1 is 1.17 bits per heavy atom. The first-order chi connectivity index (χ1) is 8.45. The van der Waals surface area contributed by atoms with E-state index in [2.05, 4.69) is 57.3 Å². The molecular weight excluding hydrogens is 220 g/mol. The van der Waals surface area contributed by atoms with E-state index in [1.807, 2.05) is 0 Å². The molecule has 2 nitrogen and oxygen atoms in total. The van der Waals surface area contributed by atoms with Crippen LogP contribution in [0.3, 0.4) is 0 Å². The Bertz CT molecular complexity index is 339. The van der Waals surface area contributed by atoms with Crippen LogP contribution in [0.1, 0.15) is 38.8 Å². The van der Waals surface area contributed by atoms with Gasteiger partial charge in [-0.05, 0) is 23.5 Å². The van der Waals surface area contributed by atoms with Crippen molar-refractivity contribution in [3.63, 3.8) is 0 Å². The van der Waals surface area contributed by atoms with Crippen LogP contribution in [-0.2, 0) is 11.8 Å². The predicted molar refractivity (Wildman–Crippen MR) is 79.9 cm³/mol. The van der Waals surface area contributed by atoms with Crippen LogP contribution in [-0.4, -0.2) is 19.6 Å². The van der Waals surface area contributed by atoms with Crippen LogP contribution >= 0.6 is 0 Å². The summed E-state index contributed by atoms with van der Waals surface area (Å²) in [5.41, 5.74) is 8.48. The highest BCUT2D eigenvalue weighted by atomic mass is 14.9. The minimum Gasteiger partial charge on any atom is -0.329 e. The maximum absolute atomic E-state index is 5.50. The molecule has 0 aliphatic carbocycles. The molecule has 0 heterocycles. The second-order valence-corrected chi connectivity index (χ2v) is 6.14. The van der Waals surface area contributed by atoms with Crippen LogP contribution in [0.15, 0.2) is 24.3 Å². The maximum Gasteiger partial charge on any atom is 0.00748 e. The zero-order chi connectivity index (χ0) is 13.6. The van der Waals surface area contributed by atoms with Crippen LogP contribution in [0.4, 0.5) is 0 Å². The number of nitrogens with one attached hydrogen (secondary N) is 1. The van der Waals surface area contributed by atoms with Gasteiger partial charge in [-0.2, -0.15) is 0 Å². The van der Waals surface area contributed by atoms with E-state index in [0.29, 0.717) is 6.54 Å².